The third-order valence-electron chi connectivity index (χ3n) is 3.21. The van der Waals surface area contributed by atoms with Crippen LogP contribution in [0.25, 0.3) is 0 Å². The van der Waals surface area contributed by atoms with Crippen molar-refractivity contribution in [2.24, 2.45) is 0 Å². The molecule has 0 aliphatic heterocycles. The molecule has 0 atom stereocenters. The van der Waals surface area contributed by atoms with Crippen LogP contribution >= 0.6 is 0 Å². The van der Waals surface area contributed by atoms with Crippen LogP contribution in [0.4, 0.5) is 5.69 Å². The van der Waals surface area contributed by atoms with Crippen molar-refractivity contribution in [1.29, 1.82) is 0 Å². The number of nitrogens with one attached hydrogen (secondary N) is 2. The van der Waals surface area contributed by atoms with Gasteiger partial charge in [0.1, 0.15) is 5.75 Å². The van der Waals surface area contributed by atoms with Gasteiger partial charge in [-0.1, -0.05) is 30.3 Å². The van der Waals surface area contributed by atoms with Gasteiger partial charge in [0, 0.05) is 12.2 Å². The number of ether oxygens (including phenoxy) is 1. The van der Waals surface area contributed by atoms with Gasteiger partial charge in [0.15, 0.2) is 0 Å². The lowest BCUT2D eigenvalue weighted by molar-refractivity contribution is -0.119. The number of aryl methyl sites for hydroxylation is 1. The minimum Gasteiger partial charge on any atom is -0.497 e. The molecule has 2 N–H and O–H groups in total. The van der Waals surface area contributed by atoms with Gasteiger partial charge in [0.05, 0.1) is 13.7 Å². The van der Waals surface area contributed by atoms with Crippen LogP contribution in [0.1, 0.15) is 11.1 Å². The average Bonchev–Trinajstić information content (AvgIpc) is 2.52. The number of methoxy groups -OCH3 is 1. The predicted molar refractivity (Wildman–Crippen MR) is 84.5 cm³/mol. The Hall–Kier alpha value is -2.49. The third kappa shape index (κ3) is 4.53. The first-order valence-electron chi connectivity index (χ1n) is 6.88. The molecule has 0 radical (unpaired) electrons. The fourth-order valence-corrected chi connectivity index (χ4v) is 2.00. The Kier molecular flexibility index (Phi) is 5.21. The molecule has 2 rings (SSSR count). The summed E-state index contributed by atoms with van der Waals surface area (Å²) in [6.45, 7) is 2.77. The molecule has 4 nitrogen and oxygen atoms in total. The minimum atomic E-state index is -0.0333. The third-order valence-corrected chi connectivity index (χ3v) is 3.21. The number of carbonyl (C=O) groups is 1. The van der Waals surface area contributed by atoms with Gasteiger partial charge in [-0.25, -0.2) is 0 Å². The standard InChI is InChI=1S/C17H20N2O2/c1-13-10-15(21-2)8-9-16(13)18-12-17(20)19-11-14-6-4-3-5-7-14/h3-10,18H,11-12H2,1-2H3,(H,19,20). The van der Waals surface area contributed by atoms with Crippen molar-refractivity contribution >= 4 is 11.6 Å². The van der Waals surface area contributed by atoms with E-state index in [-0.39, 0.29) is 12.5 Å². The Labute approximate surface area is 125 Å². The summed E-state index contributed by atoms with van der Waals surface area (Å²) in [5.74, 6) is 0.778. The fourth-order valence-electron chi connectivity index (χ4n) is 2.00. The maximum atomic E-state index is 11.8. The minimum absolute atomic E-state index is 0.0333. The van der Waals surface area contributed by atoms with Crippen molar-refractivity contribution < 1.29 is 9.53 Å². The molecule has 0 saturated carbocycles. The predicted octanol–water partition coefficient (Wildman–Crippen LogP) is 2.73. The summed E-state index contributed by atoms with van der Waals surface area (Å²) in [6, 6.07) is 15.6. The fraction of sp³-hybridized carbons (Fsp3) is 0.235. The van der Waals surface area contributed by atoms with Gasteiger partial charge in [-0.15, -0.1) is 0 Å². The monoisotopic (exact) mass is 284 g/mol. The van der Waals surface area contributed by atoms with E-state index >= 15 is 0 Å². The van der Waals surface area contributed by atoms with Gasteiger partial charge in [-0.3, -0.25) is 4.79 Å². The molecule has 2 aromatic rings. The first kappa shape index (κ1) is 14.9. The number of amides is 1. The van der Waals surface area contributed by atoms with Crippen LogP contribution in [0.15, 0.2) is 48.5 Å². The molecular formula is C17H20N2O2. The van der Waals surface area contributed by atoms with Crippen LogP contribution in [0.2, 0.25) is 0 Å². The van der Waals surface area contributed by atoms with Crippen molar-refractivity contribution in [1.82, 2.24) is 5.32 Å². The van der Waals surface area contributed by atoms with E-state index in [2.05, 4.69) is 10.6 Å². The first-order chi connectivity index (χ1) is 10.2. The summed E-state index contributed by atoms with van der Waals surface area (Å²) >= 11 is 0. The first-order valence-corrected chi connectivity index (χ1v) is 6.88. The molecule has 0 fully saturated rings. The Morgan fingerprint density at radius 2 is 1.90 bits per heavy atom. The van der Waals surface area contributed by atoms with Crippen LogP contribution in [0, 0.1) is 6.92 Å². The zero-order valence-electron chi connectivity index (χ0n) is 12.3. The molecule has 0 aromatic heterocycles. The molecule has 0 bridgehead atoms. The van der Waals surface area contributed by atoms with Crippen LogP contribution in [0.5, 0.6) is 5.75 Å². The van der Waals surface area contributed by atoms with Crippen molar-refractivity contribution in [3.8, 4) is 5.75 Å². The second-order valence-corrected chi connectivity index (χ2v) is 4.80. The van der Waals surface area contributed by atoms with E-state index < -0.39 is 0 Å². The van der Waals surface area contributed by atoms with Crippen molar-refractivity contribution in [3.05, 3.63) is 59.7 Å². The highest BCUT2D eigenvalue weighted by atomic mass is 16.5. The van der Waals surface area contributed by atoms with E-state index in [1.54, 1.807) is 7.11 Å². The second-order valence-electron chi connectivity index (χ2n) is 4.80. The van der Waals surface area contributed by atoms with Crippen LogP contribution in [-0.2, 0) is 11.3 Å². The smallest absolute Gasteiger partial charge is 0.239 e. The van der Waals surface area contributed by atoms with Crippen LogP contribution in [-0.4, -0.2) is 19.6 Å². The molecule has 110 valence electrons. The number of carbonyl (C=O) groups excluding carboxylic acids is 1. The van der Waals surface area contributed by atoms with Gasteiger partial charge in [-0.2, -0.15) is 0 Å². The molecule has 0 aliphatic rings. The summed E-state index contributed by atoms with van der Waals surface area (Å²) < 4.78 is 5.16. The summed E-state index contributed by atoms with van der Waals surface area (Å²) in [5.41, 5.74) is 3.07. The van der Waals surface area contributed by atoms with Gasteiger partial charge < -0.3 is 15.4 Å². The van der Waals surface area contributed by atoms with E-state index in [9.17, 15) is 4.79 Å². The molecule has 0 unspecified atom stereocenters. The highest BCUT2D eigenvalue weighted by Gasteiger charge is 2.04. The largest absolute Gasteiger partial charge is 0.497 e. The van der Waals surface area contributed by atoms with E-state index in [0.717, 1.165) is 22.6 Å². The Morgan fingerprint density at radius 3 is 2.57 bits per heavy atom. The quantitative estimate of drug-likeness (QED) is 0.857. The second kappa shape index (κ2) is 7.33. The lowest BCUT2D eigenvalue weighted by Crippen LogP contribution is -2.29. The SMILES string of the molecule is COc1ccc(NCC(=O)NCc2ccccc2)c(C)c1. The van der Waals surface area contributed by atoms with Crippen molar-refractivity contribution in [3.63, 3.8) is 0 Å². The average molecular weight is 284 g/mol. The molecular weight excluding hydrogens is 264 g/mol. The van der Waals surface area contributed by atoms with Crippen LogP contribution in [0.3, 0.4) is 0 Å². The zero-order valence-corrected chi connectivity index (χ0v) is 12.3. The number of benzene rings is 2. The van der Waals surface area contributed by atoms with Crippen molar-refractivity contribution in [2.75, 3.05) is 19.0 Å². The zero-order chi connectivity index (χ0) is 15.1. The Balaban J connectivity index is 1.81. The highest BCUT2D eigenvalue weighted by Crippen LogP contribution is 2.20. The van der Waals surface area contributed by atoms with E-state index in [0.29, 0.717) is 6.54 Å². The Morgan fingerprint density at radius 1 is 1.14 bits per heavy atom. The highest BCUT2D eigenvalue weighted by molar-refractivity contribution is 5.81. The molecule has 1 amide bonds. The van der Waals surface area contributed by atoms with E-state index in [1.807, 2.05) is 55.5 Å². The van der Waals surface area contributed by atoms with Crippen LogP contribution < -0.4 is 15.4 Å². The normalized spacial score (nSPS) is 10.0. The molecule has 2 aromatic carbocycles. The summed E-state index contributed by atoms with van der Waals surface area (Å²) in [5, 5.41) is 6.02. The lowest BCUT2D eigenvalue weighted by Gasteiger charge is -2.11. The molecule has 4 heteroatoms. The molecule has 0 aliphatic carbocycles. The maximum absolute atomic E-state index is 11.8. The van der Waals surface area contributed by atoms with Gasteiger partial charge >= 0.3 is 0 Å². The summed E-state index contributed by atoms with van der Waals surface area (Å²) in [6.07, 6.45) is 0. The number of rotatable bonds is 6. The van der Waals surface area contributed by atoms with Crippen molar-refractivity contribution in [2.45, 2.75) is 13.5 Å². The Bertz CT molecular complexity index is 597. The lowest BCUT2D eigenvalue weighted by atomic mass is 10.2. The van der Waals surface area contributed by atoms with Gasteiger partial charge in [-0.05, 0) is 36.2 Å². The molecule has 21 heavy (non-hydrogen) atoms. The number of hydrogen-bond acceptors (Lipinski definition) is 3. The van der Waals surface area contributed by atoms with Gasteiger partial charge in [0.25, 0.3) is 0 Å². The molecule has 0 spiro atoms. The molecule has 0 heterocycles. The maximum Gasteiger partial charge on any atom is 0.239 e. The van der Waals surface area contributed by atoms with E-state index in [4.69, 9.17) is 4.74 Å². The molecule has 0 saturated heterocycles. The van der Waals surface area contributed by atoms with Gasteiger partial charge in [0.2, 0.25) is 5.91 Å². The van der Waals surface area contributed by atoms with E-state index in [1.165, 1.54) is 0 Å². The summed E-state index contributed by atoms with van der Waals surface area (Å²) in [4.78, 5) is 11.8. The number of anilines is 1. The topological polar surface area (TPSA) is 50.4 Å². The number of hydrogen-bond donors (Lipinski definition) is 2. The summed E-state index contributed by atoms with van der Waals surface area (Å²) in [7, 11) is 1.64.